The summed E-state index contributed by atoms with van der Waals surface area (Å²) in [6, 6.07) is 69.6. The predicted octanol–water partition coefficient (Wildman–Crippen LogP) is 10.2. The first-order chi connectivity index (χ1) is 35.6. The zero-order chi connectivity index (χ0) is 49.0. The molecule has 0 aromatic heterocycles. The summed E-state index contributed by atoms with van der Waals surface area (Å²) in [5.41, 5.74) is 6.75. The molecule has 0 unspecified atom stereocenters. The lowest BCUT2D eigenvalue weighted by molar-refractivity contribution is -0.374. The Labute approximate surface area is 423 Å². The van der Waals surface area contributed by atoms with Crippen LogP contribution in [0.25, 0.3) is 0 Å². The van der Waals surface area contributed by atoms with Crippen molar-refractivity contribution in [2.75, 3.05) is 13.2 Å². The molecule has 7 aromatic carbocycles. The molecular weight excluding hydrogens is 909 g/mol. The van der Waals surface area contributed by atoms with Crippen molar-refractivity contribution >= 4 is 0 Å². The van der Waals surface area contributed by atoms with Crippen LogP contribution in [0.5, 0.6) is 0 Å². The Bertz CT molecular complexity index is 2550. The van der Waals surface area contributed by atoms with Gasteiger partial charge in [0, 0.05) is 0 Å². The van der Waals surface area contributed by atoms with Gasteiger partial charge in [-0.05, 0) is 38.9 Å². The minimum atomic E-state index is -1.41. The Kier molecular flexibility index (Phi) is 19.3. The summed E-state index contributed by atoms with van der Waals surface area (Å²) in [6.45, 7) is 1.91. The summed E-state index contributed by atoms with van der Waals surface area (Å²) in [6.07, 6.45) is -9.37. The lowest BCUT2D eigenvalue weighted by Crippen LogP contribution is -2.66. The third kappa shape index (κ3) is 14.8. The van der Waals surface area contributed by atoms with Gasteiger partial charge < -0.3 is 52.5 Å². The zero-order valence-corrected chi connectivity index (χ0v) is 40.4. The number of ether oxygens (including phenoxy) is 10. The number of hydrogen-bond donors (Lipinski definition) is 1. The molecule has 2 fully saturated rings. The molecule has 7 aromatic rings. The Balaban J connectivity index is 1.10. The van der Waals surface area contributed by atoms with E-state index in [1.165, 1.54) is 0 Å². The van der Waals surface area contributed by atoms with Gasteiger partial charge in [0.15, 0.2) is 12.6 Å². The van der Waals surface area contributed by atoms with Crippen molar-refractivity contribution in [1.82, 2.24) is 0 Å². The van der Waals surface area contributed by atoms with Crippen molar-refractivity contribution in [2.45, 2.75) is 108 Å². The fraction of sp³-hybridized carbons (Fsp3) is 0.311. The quantitative estimate of drug-likeness (QED) is 0.0591. The van der Waals surface area contributed by atoms with Crippen molar-refractivity contribution in [2.24, 2.45) is 0 Å². The fourth-order valence-corrected chi connectivity index (χ4v) is 8.97. The molecule has 0 spiro atoms. The average molecular weight is 973 g/mol. The van der Waals surface area contributed by atoms with Gasteiger partial charge in [-0.3, -0.25) is 0 Å². The molecule has 2 saturated heterocycles. The minimum Gasteiger partial charge on any atom is -0.374 e. The highest BCUT2D eigenvalue weighted by molar-refractivity contribution is 5.19. The van der Waals surface area contributed by atoms with Crippen LogP contribution in [0.4, 0.5) is 0 Å². The van der Waals surface area contributed by atoms with Gasteiger partial charge in [0.1, 0.15) is 48.8 Å². The van der Waals surface area contributed by atoms with Crippen LogP contribution in [0.3, 0.4) is 0 Å². The second kappa shape index (κ2) is 27.2. The van der Waals surface area contributed by atoms with Gasteiger partial charge in [0.05, 0.1) is 59.5 Å². The van der Waals surface area contributed by atoms with Crippen molar-refractivity contribution in [3.63, 3.8) is 0 Å². The van der Waals surface area contributed by atoms with Crippen LogP contribution in [-0.4, -0.2) is 79.7 Å². The van der Waals surface area contributed by atoms with Crippen LogP contribution < -0.4 is 0 Å². The van der Waals surface area contributed by atoms with Crippen LogP contribution >= 0.6 is 0 Å². The molecule has 9 rings (SSSR count). The second-order valence-electron chi connectivity index (χ2n) is 18.0. The predicted molar refractivity (Wildman–Crippen MR) is 272 cm³/mol. The highest BCUT2D eigenvalue weighted by atomic mass is 16.8. The summed E-state index contributed by atoms with van der Waals surface area (Å²) in [5, 5.41) is 12.0. The number of aliphatic hydroxyl groups is 1. The largest absolute Gasteiger partial charge is 0.374 e. The maximum Gasteiger partial charge on any atom is 0.187 e. The minimum absolute atomic E-state index is 0.0375. The maximum absolute atomic E-state index is 12.0. The van der Waals surface area contributed by atoms with Gasteiger partial charge in [-0.25, -0.2) is 0 Å². The van der Waals surface area contributed by atoms with E-state index >= 15 is 0 Å². The smallest absolute Gasteiger partial charge is 0.187 e. The first-order valence-corrected chi connectivity index (χ1v) is 24.8. The van der Waals surface area contributed by atoms with E-state index in [2.05, 4.69) is 0 Å². The van der Waals surface area contributed by atoms with Gasteiger partial charge in [0.2, 0.25) is 0 Å². The molecule has 0 saturated carbocycles. The van der Waals surface area contributed by atoms with E-state index < -0.39 is 61.4 Å². The van der Waals surface area contributed by atoms with E-state index in [4.69, 9.17) is 47.4 Å². The van der Waals surface area contributed by atoms with Gasteiger partial charge in [-0.15, -0.1) is 0 Å². The van der Waals surface area contributed by atoms with Crippen molar-refractivity contribution in [1.29, 1.82) is 0 Å². The highest BCUT2D eigenvalue weighted by Crippen LogP contribution is 2.36. The van der Waals surface area contributed by atoms with Crippen LogP contribution in [0.15, 0.2) is 212 Å². The first-order valence-electron chi connectivity index (χ1n) is 24.8. The Morgan fingerprint density at radius 2 is 0.569 bits per heavy atom. The van der Waals surface area contributed by atoms with Gasteiger partial charge in [-0.1, -0.05) is 212 Å². The molecule has 2 aliphatic heterocycles. The lowest BCUT2D eigenvalue weighted by Gasteiger charge is -2.49. The second-order valence-corrected chi connectivity index (χ2v) is 18.0. The SMILES string of the molecule is O[C@@H]1O[C@H](COCc2ccccc2)[C@@H](O[C@H]2O[C@H](COCc3ccccc3)[C@@H](OCc3ccccc3)[C@H](OCc3ccccc3)[C@H]2OCc2ccccc2)[C@H](OCc2ccccc2)[C@H]1OCc1ccccc1. The molecule has 0 aliphatic carbocycles. The third-order valence-corrected chi connectivity index (χ3v) is 12.7. The topological polar surface area (TPSA) is 113 Å². The number of aliphatic hydroxyl groups excluding tert-OH is 1. The van der Waals surface area contributed by atoms with Crippen molar-refractivity contribution in [3.8, 4) is 0 Å². The van der Waals surface area contributed by atoms with Crippen LogP contribution in [0.1, 0.15) is 38.9 Å². The lowest BCUT2D eigenvalue weighted by atomic mass is 9.95. The molecule has 2 heterocycles. The van der Waals surface area contributed by atoms with E-state index in [1.807, 2.05) is 212 Å². The Morgan fingerprint density at radius 3 is 0.931 bits per heavy atom. The van der Waals surface area contributed by atoms with E-state index in [0.29, 0.717) is 13.2 Å². The molecule has 2 aliphatic rings. The number of rotatable bonds is 25. The molecule has 11 nitrogen and oxygen atoms in total. The van der Waals surface area contributed by atoms with Gasteiger partial charge in [0.25, 0.3) is 0 Å². The van der Waals surface area contributed by atoms with Crippen molar-refractivity contribution in [3.05, 3.63) is 251 Å². The highest BCUT2D eigenvalue weighted by Gasteiger charge is 2.54. The first kappa shape index (κ1) is 51.0. The molecule has 11 heteroatoms. The molecule has 0 amide bonds. The summed E-state index contributed by atoms with van der Waals surface area (Å²) in [7, 11) is 0. The summed E-state index contributed by atoms with van der Waals surface area (Å²) >= 11 is 0. The van der Waals surface area contributed by atoms with Crippen molar-refractivity contribution < 1.29 is 52.5 Å². The van der Waals surface area contributed by atoms with Crippen LogP contribution in [-0.2, 0) is 93.6 Å². The average Bonchev–Trinajstić information content (AvgIpc) is 3.43. The summed E-state index contributed by atoms with van der Waals surface area (Å²) < 4.78 is 68.6. The molecule has 0 bridgehead atoms. The maximum atomic E-state index is 12.0. The zero-order valence-electron chi connectivity index (χ0n) is 40.4. The van der Waals surface area contributed by atoms with E-state index in [-0.39, 0.29) is 46.2 Å². The monoisotopic (exact) mass is 972 g/mol. The fourth-order valence-electron chi connectivity index (χ4n) is 8.97. The molecule has 10 atom stereocenters. The van der Waals surface area contributed by atoms with E-state index in [1.54, 1.807) is 0 Å². The Morgan fingerprint density at radius 1 is 0.292 bits per heavy atom. The molecule has 1 N–H and O–H groups in total. The normalized spacial score (nSPS) is 24.2. The summed E-state index contributed by atoms with van der Waals surface area (Å²) in [4.78, 5) is 0. The molecule has 374 valence electrons. The molecule has 72 heavy (non-hydrogen) atoms. The van der Waals surface area contributed by atoms with Gasteiger partial charge >= 0.3 is 0 Å². The Hall–Kier alpha value is -5.90. The molecule has 0 radical (unpaired) electrons. The number of benzene rings is 7. The molecular formula is C61H64O11. The van der Waals surface area contributed by atoms with E-state index in [9.17, 15) is 5.11 Å². The number of hydrogen-bond acceptors (Lipinski definition) is 11. The summed E-state index contributed by atoms with van der Waals surface area (Å²) in [5.74, 6) is 0. The standard InChI is InChI=1S/C61H64O11/c62-60-58(68-41-50-32-18-6-19-33-50)57(67-40-49-30-16-5-17-31-49)55(53(70-60)44-64-37-46-24-10-2-11-25-46)72-61-59(69-42-51-34-20-7-21-35-51)56(66-39-48-28-14-4-15-29-48)54(65-38-47-26-12-3-13-27-47)52(71-61)43-63-36-45-22-8-1-9-23-45/h1-35,52-62H,36-44H2/t52-,53-,54-,55-,56+,57+,58-,59-,60-,61-/m1/s1. The third-order valence-electron chi connectivity index (χ3n) is 12.7. The van der Waals surface area contributed by atoms with Crippen LogP contribution in [0, 0.1) is 0 Å². The van der Waals surface area contributed by atoms with E-state index in [0.717, 1.165) is 38.9 Å². The van der Waals surface area contributed by atoms with Crippen LogP contribution in [0.2, 0.25) is 0 Å². The van der Waals surface area contributed by atoms with Gasteiger partial charge in [-0.2, -0.15) is 0 Å².